The third-order valence-corrected chi connectivity index (χ3v) is 7.08. The van der Waals surface area contributed by atoms with Gasteiger partial charge in [0, 0.05) is 29.1 Å². The van der Waals surface area contributed by atoms with Crippen LogP contribution in [0.3, 0.4) is 0 Å². The lowest BCUT2D eigenvalue weighted by Gasteiger charge is -2.25. The first-order valence-electron chi connectivity index (χ1n) is 12.5. The fourth-order valence-corrected chi connectivity index (χ4v) is 5.09. The molecule has 0 saturated carbocycles. The van der Waals surface area contributed by atoms with E-state index in [1.807, 2.05) is 66.7 Å². The van der Waals surface area contributed by atoms with Gasteiger partial charge in [-0.15, -0.1) is 0 Å². The fraction of sp³-hybridized carbons (Fsp3) is 0.233. The zero-order chi connectivity index (χ0) is 26.5. The highest BCUT2D eigenvalue weighted by atomic mass is 32.2. The van der Waals surface area contributed by atoms with E-state index in [1.54, 1.807) is 11.9 Å². The Kier molecular flexibility index (Phi) is 7.91. The van der Waals surface area contributed by atoms with Gasteiger partial charge in [0.1, 0.15) is 6.10 Å². The molecule has 1 aliphatic heterocycles. The molecule has 3 aromatic carbocycles. The summed E-state index contributed by atoms with van der Waals surface area (Å²) in [5.74, 6) is 0.761. The number of benzene rings is 3. The highest BCUT2D eigenvalue weighted by molar-refractivity contribution is 8.00. The molecule has 1 N–H and O–H groups in total. The highest BCUT2D eigenvalue weighted by Gasteiger charge is 2.22. The second-order valence-corrected chi connectivity index (χ2v) is 10.2. The minimum atomic E-state index is -0.446. The third kappa shape index (κ3) is 6.15. The van der Waals surface area contributed by atoms with E-state index in [4.69, 9.17) is 14.5 Å². The van der Waals surface area contributed by atoms with Gasteiger partial charge in [0.25, 0.3) is 5.91 Å². The van der Waals surface area contributed by atoms with Gasteiger partial charge in [0.2, 0.25) is 11.8 Å². The van der Waals surface area contributed by atoms with Gasteiger partial charge < -0.3 is 14.4 Å². The van der Waals surface area contributed by atoms with Gasteiger partial charge in [-0.2, -0.15) is 4.98 Å². The Hall–Kier alpha value is -3.88. The predicted molar refractivity (Wildman–Crippen MR) is 150 cm³/mol. The Balaban J connectivity index is 1.50. The molecular weight excluding hydrogens is 496 g/mol. The van der Waals surface area contributed by atoms with E-state index < -0.39 is 6.10 Å². The number of nitrogens with one attached hydrogen (secondary N) is 1. The van der Waals surface area contributed by atoms with Gasteiger partial charge in [-0.3, -0.25) is 9.52 Å². The number of amides is 1. The van der Waals surface area contributed by atoms with Gasteiger partial charge in [-0.1, -0.05) is 54.6 Å². The normalized spacial score (nSPS) is 15.5. The lowest BCUT2D eigenvalue weighted by molar-refractivity contribution is 0.0234. The van der Waals surface area contributed by atoms with Crippen LogP contribution in [0.1, 0.15) is 27.0 Å². The summed E-state index contributed by atoms with van der Waals surface area (Å²) >= 11 is 1.36. The number of hydrogen-bond acceptors (Lipinski definition) is 7. The molecule has 0 saturated heterocycles. The molecule has 0 spiro atoms. The molecule has 1 aliphatic rings. The average Bonchev–Trinajstić information content (AvgIpc) is 2.92. The Morgan fingerprint density at radius 2 is 1.76 bits per heavy atom. The number of carbonyl (C=O) groups excluding carboxylic acids is 1. The summed E-state index contributed by atoms with van der Waals surface area (Å²) in [6, 6.07) is 25.5. The van der Waals surface area contributed by atoms with Gasteiger partial charge in [-0.25, -0.2) is 4.98 Å². The average molecular weight is 527 g/mol. The maximum absolute atomic E-state index is 13.2. The molecule has 5 rings (SSSR count). The van der Waals surface area contributed by atoms with Crippen molar-refractivity contribution in [1.82, 2.24) is 14.9 Å². The van der Waals surface area contributed by atoms with Crippen LogP contribution in [0, 0.1) is 13.8 Å². The van der Waals surface area contributed by atoms with Gasteiger partial charge in [0.05, 0.1) is 25.5 Å². The standard InChI is InChI=1S/C30H30N4O3S/c1-20-9-7-10-21(2)28(20)26-16-27-32-30(31-26)33-38-25-14-8-13-23(15-25)29(35)34(3)17-24(37-27)19-36-18-22-11-5-4-6-12-22/h4-16,24H,17-19H2,1-3H3,(H,31,32,33). The molecule has 1 aromatic heterocycles. The zero-order valence-electron chi connectivity index (χ0n) is 21.7. The summed E-state index contributed by atoms with van der Waals surface area (Å²) in [7, 11) is 1.78. The van der Waals surface area contributed by atoms with E-state index in [0.29, 0.717) is 30.5 Å². The van der Waals surface area contributed by atoms with Crippen molar-refractivity contribution in [3.63, 3.8) is 0 Å². The quantitative estimate of drug-likeness (QED) is 0.323. The topological polar surface area (TPSA) is 76.6 Å². The van der Waals surface area contributed by atoms with Gasteiger partial charge in [0.15, 0.2) is 0 Å². The number of ether oxygens (including phenoxy) is 2. The first kappa shape index (κ1) is 25.8. The van der Waals surface area contributed by atoms with Crippen LogP contribution in [0.25, 0.3) is 11.3 Å². The van der Waals surface area contributed by atoms with Crippen LogP contribution in [-0.4, -0.2) is 47.1 Å². The number of rotatable bonds is 5. The molecule has 4 bridgehead atoms. The Morgan fingerprint density at radius 3 is 2.55 bits per heavy atom. The summed E-state index contributed by atoms with van der Waals surface area (Å²) in [4.78, 5) is 25.2. The second-order valence-electron chi connectivity index (χ2n) is 9.34. The molecule has 4 aromatic rings. The van der Waals surface area contributed by atoms with E-state index in [1.165, 1.54) is 11.9 Å². The van der Waals surface area contributed by atoms with Crippen molar-refractivity contribution < 1.29 is 14.3 Å². The highest BCUT2D eigenvalue weighted by Crippen LogP contribution is 2.31. The molecule has 0 fully saturated rings. The molecule has 38 heavy (non-hydrogen) atoms. The molecule has 1 amide bonds. The second kappa shape index (κ2) is 11.7. The van der Waals surface area contributed by atoms with Gasteiger partial charge in [-0.05, 0) is 60.7 Å². The number of carbonyl (C=O) groups is 1. The van der Waals surface area contributed by atoms with Crippen LogP contribution in [0.4, 0.5) is 5.95 Å². The zero-order valence-corrected chi connectivity index (χ0v) is 22.5. The number of aromatic nitrogens is 2. The van der Waals surface area contributed by atoms with E-state index in [9.17, 15) is 4.79 Å². The maximum atomic E-state index is 13.2. The molecule has 1 atom stereocenters. The Labute approximate surface area is 227 Å². The molecular formula is C30H30N4O3S. The summed E-state index contributed by atoms with van der Waals surface area (Å²) in [5.41, 5.74) is 5.72. The third-order valence-electron chi connectivity index (χ3n) is 6.31. The number of hydrogen-bond donors (Lipinski definition) is 1. The van der Waals surface area contributed by atoms with E-state index in [-0.39, 0.29) is 12.5 Å². The molecule has 0 aliphatic carbocycles. The van der Waals surface area contributed by atoms with Crippen LogP contribution < -0.4 is 9.46 Å². The first-order chi connectivity index (χ1) is 18.5. The van der Waals surface area contributed by atoms with Crippen molar-refractivity contribution in [1.29, 1.82) is 0 Å². The smallest absolute Gasteiger partial charge is 0.253 e. The Bertz CT molecular complexity index is 1410. The molecule has 0 radical (unpaired) electrons. The molecule has 194 valence electrons. The monoisotopic (exact) mass is 526 g/mol. The van der Waals surface area contributed by atoms with Crippen molar-refractivity contribution in [3.05, 3.63) is 101 Å². The van der Waals surface area contributed by atoms with E-state index in [2.05, 4.69) is 35.7 Å². The van der Waals surface area contributed by atoms with Crippen molar-refractivity contribution in [2.45, 2.75) is 31.5 Å². The maximum Gasteiger partial charge on any atom is 0.253 e. The number of anilines is 1. The van der Waals surface area contributed by atoms with Crippen LogP contribution in [0.15, 0.2) is 83.8 Å². The summed E-state index contributed by atoms with van der Waals surface area (Å²) in [5, 5.41) is 0. The molecule has 7 nitrogen and oxygen atoms in total. The number of likely N-dealkylation sites (N-methyl/N-ethyl adjacent to an activating group) is 1. The summed E-state index contributed by atoms with van der Waals surface area (Å²) in [6.45, 7) is 5.20. The number of fused-ring (bicyclic) bond motifs is 4. The van der Waals surface area contributed by atoms with E-state index >= 15 is 0 Å². The van der Waals surface area contributed by atoms with Crippen molar-refractivity contribution in [2.75, 3.05) is 24.9 Å². The largest absolute Gasteiger partial charge is 0.470 e. The minimum absolute atomic E-state index is 0.0858. The van der Waals surface area contributed by atoms with Crippen LogP contribution in [-0.2, 0) is 11.3 Å². The molecule has 2 heterocycles. The molecule has 8 heteroatoms. The van der Waals surface area contributed by atoms with Crippen LogP contribution in [0.5, 0.6) is 5.88 Å². The predicted octanol–water partition coefficient (Wildman–Crippen LogP) is 5.93. The first-order valence-corrected chi connectivity index (χ1v) is 13.3. The Morgan fingerprint density at radius 1 is 1.00 bits per heavy atom. The van der Waals surface area contributed by atoms with Crippen molar-refractivity contribution in [2.24, 2.45) is 0 Å². The van der Waals surface area contributed by atoms with Gasteiger partial charge >= 0.3 is 0 Å². The van der Waals surface area contributed by atoms with E-state index in [0.717, 1.165) is 32.8 Å². The molecule has 1 unspecified atom stereocenters. The summed E-state index contributed by atoms with van der Waals surface area (Å²) < 4.78 is 15.7. The summed E-state index contributed by atoms with van der Waals surface area (Å²) in [6.07, 6.45) is -0.446. The minimum Gasteiger partial charge on any atom is -0.470 e. The van der Waals surface area contributed by atoms with Crippen molar-refractivity contribution >= 4 is 23.8 Å². The lowest BCUT2D eigenvalue weighted by Crippen LogP contribution is -2.39. The number of nitrogens with zero attached hydrogens (tertiary/aromatic N) is 3. The van der Waals surface area contributed by atoms with Crippen LogP contribution >= 0.6 is 11.9 Å². The number of aryl methyl sites for hydroxylation is 2. The fourth-order valence-electron chi connectivity index (χ4n) is 4.46. The van der Waals surface area contributed by atoms with Crippen LogP contribution in [0.2, 0.25) is 0 Å². The lowest BCUT2D eigenvalue weighted by atomic mass is 10.00. The van der Waals surface area contributed by atoms with Crippen molar-refractivity contribution in [3.8, 4) is 17.1 Å². The SMILES string of the molecule is Cc1cccc(C)c1-c1cc2nc(n1)NSc1cccc(c1)C(=O)N(C)CC(COCc1ccccc1)O2.